The van der Waals surface area contributed by atoms with Crippen molar-refractivity contribution in [1.29, 1.82) is 0 Å². The van der Waals surface area contributed by atoms with Gasteiger partial charge >= 0.3 is 0 Å². The van der Waals surface area contributed by atoms with Crippen LogP contribution in [0.25, 0.3) is 11.3 Å². The van der Waals surface area contributed by atoms with Crippen LogP contribution in [0.4, 0.5) is 11.4 Å². The number of nitrogen functional groups attached to an aromatic ring is 1. The average molecular weight is 292 g/mol. The molecule has 3 aromatic rings. The minimum Gasteiger partial charge on any atom is -0.451 e. The van der Waals surface area contributed by atoms with Crippen molar-refractivity contribution in [3.8, 4) is 11.3 Å². The van der Waals surface area contributed by atoms with Gasteiger partial charge in [0, 0.05) is 24.0 Å². The summed E-state index contributed by atoms with van der Waals surface area (Å²) >= 11 is 0. The lowest BCUT2D eigenvalue weighted by Gasteiger charge is -2.15. The van der Waals surface area contributed by atoms with E-state index in [-0.39, 0.29) is 5.91 Å². The number of furan rings is 1. The second-order valence-corrected chi connectivity index (χ2v) is 4.99. The van der Waals surface area contributed by atoms with Gasteiger partial charge in [-0.05, 0) is 36.4 Å². The monoisotopic (exact) mass is 292 g/mol. The van der Waals surface area contributed by atoms with Crippen LogP contribution in [0.2, 0.25) is 0 Å². The number of carbonyl (C=O) groups is 1. The lowest BCUT2D eigenvalue weighted by Crippen LogP contribution is -2.25. The van der Waals surface area contributed by atoms with E-state index in [4.69, 9.17) is 10.2 Å². The van der Waals surface area contributed by atoms with E-state index >= 15 is 0 Å². The molecule has 0 saturated heterocycles. The third-order valence-electron chi connectivity index (χ3n) is 3.44. The maximum atomic E-state index is 12.5. The lowest BCUT2D eigenvalue weighted by atomic mass is 10.1. The van der Waals surface area contributed by atoms with Gasteiger partial charge in [-0.1, -0.05) is 30.3 Å². The molecule has 0 bridgehead atoms. The van der Waals surface area contributed by atoms with Crippen LogP contribution in [-0.4, -0.2) is 13.0 Å². The molecule has 0 aliphatic rings. The van der Waals surface area contributed by atoms with Gasteiger partial charge in [0.05, 0.1) is 0 Å². The maximum Gasteiger partial charge on any atom is 0.293 e. The normalized spacial score (nSPS) is 10.4. The number of amides is 1. The third-order valence-corrected chi connectivity index (χ3v) is 3.44. The van der Waals surface area contributed by atoms with Gasteiger partial charge in [0.2, 0.25) is 0 Å². The Kier molecular flexibility index (Phi) is 3.66. The Balaban J connectivity index is 1.86. The zero-order valence-electron chi connectivity index (χ0n) is 12.2. The predicted octanol–water partition coefficient (Wildman–Crippen LogP) is 3.81. The smallest absolute Gasteiger partial charge is 0.293 e. The van der Waals surface area contributed by atoms with Crippen molar-refractivity contribution in [2.75, 3.05) is 17.7 Å². The number of rotatable bonds is 3. The first kappa shape index (κ1) is 13.9. The summed E-state index contributed by atoms with van der Waals surface area (Å²) in [5.74, 6) is 0.724. The highest BCUT2D eigenvalue weighted by Crippen LogP contribution is 2.25. The Bertz CT molecular complexity index is 794. The second-order valence-electron chi connectivity index (χ2n) is 4.99. The molecule has 0 fully saturated rings. The number of hydrogen-bond acceptors (Lipinski definition) is 3. The molecule has 0 saturated carbocycles. The molecule has 1 heterocycles. The van der Waals surface area contributed by atoms with Crippen molar-refractivity contribution in [2.45, 2.75) is 0 Å². The van der Waals surface area contributed by atoms with E-state index in [0.29, 0.717) is 17.2 Å². The van der Waals surface area contributed by atoms with Crippen molar-refractivity contribution >= 4 is 17.3 Å². The fraction of sp³-hybridized carbons (Fsp3) is 0.0556. The van der Waals surface area contributed by atoms with Crippen LogP contribution in [-0.2, 0) is 0 Å². The van der Waals surface area contributed by atoms with Crippen LogP contribution in [0.15, 0.2) is 71.1 Å². The standard InChI is InChI=1S/C18H16N2O2/c1-20(15-8-3-2-4-9-15)18(21)17-11-10-16(22-17)13-6-5-7-14(19)12-13/h2-12H,19H2,1H3. The van der Waals surface area contributed by atoms with Crippen molar-refractivity contribution in [2.24, 2.45) is 0 Å². The topological polar surface area (TPSA) is 59.5 Å². The zero-order valence-corrected chi connectivity index (χ0v) is 12.2. The van der Waals surface area contributed by atoms with Crippen molar-refractivity contribution < 1.29 is 9.21 Å². The van der Waals surface area contributed by atoms with Gasteiger partial charge in [-0.3, -0.25) is 4.79 Å². The first-order chi connectivity index (χ1) is 10.6. The molecule has 0 aliphatic heterocycles. The predicted molar refractivity (Wildman–Crippen MR) is 87.7 cm³/mol. The largest absolute Gasteiger partial charge is 0.451 e. The summed E-state index contributed by atoms with van der Waals surface area (Å²) in [4.78, 5) is 14.0. The number of nitrogens with two attached hydrogens (primary N) is 1. The van der Waals surface area contributed by atoms with Crippen molar-refractivity contribution in [1.82, 2.24) is 0 Å². The van der Waals surface area contributed by atoms with Crippen LogP contribution in [0.3, 0.4) is 0 Å². The Morgan fingerprint density at radius 3 is 2.50 bits per heavy atom. The summed E-state index contributed by atoms with van der Waals surface area (Å²) in [6, 6.07) is 20.3. The molecule has 3 rings (SSSR count). The van der Waals surface area contributed by atoms with E-state index in [0.717, 1.165) is 11.3 Å². The van der Waals surface area contributed by atoms with Gasteiger partial charge in [0.1, 0.15) is 5.76 Å². The fourth-order valence-electron chi connectivity index (χ4n) is 2.23. The molecule has 4 nitrogen and oxygen atoms in total. The molecule has 0 spiro atoms. The number of nitrogens with zero attached hydrogens (tertiary/aromatic N) is 1. The molecule has 110 valence electrons. The average Bonchev–Trinajstić information content (AvgIpc) is 3.04. The van der Waals surface area contributed by atoms with Crippen molar-refractivity contribution in [3.63, 3.8) is 0 Å². The first-order valence-electron chi connectivity index (χ1n) is 6.94. The molecule has 2 N–H and O–H groups in total. The van der Waals surface area contributed by atoms with Crippen LogP contribution in [0.1, 0.15) is 10.6 Å². The van der Waals surface area contributed by atoms with E-state index in [1.165, 1.54) is 0 Å². The molecule has 0 aliphatic carbocycles. The van der Waals surface area contributed by atoms with Crippen LogP contribution in [0.5, 0.6) is 0 Å². The van der Waals surface area contributed by atoms with Gasteiger partial charge in [-0.15, -0.1) is 0 Å². The Labute approximate surface area is 128 Å². The molecule has 1 aromatic heterocycles. The lowest BCUT2D eigenvalue weighted by molar-refractivity contribution is 0.0967. The van der Waals surface area contributed by atoms with E-state index < -0.39 is 0 Å². The number of benzene rings is 2. The van der Waals surface area contributed by atoms with Crippen molar-refractivity contribution in [3.05, 3.63) is 72.5 Å². The number of carbonyl (C=O) groups excluding carboxylic acids is 1. The Hall–Kier alpha value is -3.01. The summed E-state index contributed by atoms with van der Waals surface area (Å²) < 4.78 is 5.68. The highest BCUT2D eigenvalue weighted by atomic mass is 16.4. The summed E-state index contributed by atoms with van der Waals surface area (Å²) in [7, 11) is 1.72. The minimum atomic E-state index is -0.193. The van der Waals surface area contributed by atoms with E-state index in [2.05, 4.69) is 0 Å². The summed E-state index contributed by atoms with van der Waals surface area (Å²) in [6.07, 6.45) is 0. The number of anilines is 2. The Morgan fingerprint density at radius 1 is 1.00 bits per heavy atom. The molecule has 0 radical (unpaired) electrons. The summed E-state index contributed by atoms with van der Waals surface area (Å²) in [6.45, 7) is 0. The van der Waals surface area contributed by atoms with E-state index in [1.54, 1.807) is 24.1 Å². The van der Waals surface area contributed by atoms with Gasteiger partial charge in [-0.2, -0.15) is 0 Å². The first-order valence-corrected chi connectivity index (χ1v) is 6.94. The molecular weight excluding hydrogens is 276 g/mol. The number of para-hydroxylation sites is 1. The van der Waals surface area contributed by atoms with Crippen LogP contribution < -0.4 is 10.6 Å². The second kappa shape index (κ2) is 5.77. The van der Waals surface area contributed by atoms with Gasteiger partial charge in [0.15, 0.2) is 5.76 Å². The third kappa shape index (κ3) is 2.72. The van der Waals surface area contributed by atoms with Crippen LogP contribution >= 0.6 is 0 Å². The van der Waals surface area contributed by atoms with Gasteiger partial charge in [0.25, 0.3) is 5.91 Å². The van der Waals surface area contributed by atoms with E-state index in [1.807, 2.05) is 54.6 Å². The number of hydrogen-bond donors (Lipinski definition) is 1. The quantitative estimate of drug-likeness (QED) is 0.747. The molecule has 2 aromatic carbocycles. The summed E-state index contributed by atoms with van der Waals surface area (Å²) in [5, 5.41) is 0. The van der Waals surface area contributed by atoms with E-state index in [9.17, 15) is 4.79 Å². The van der Waals surface area contributed by atoms with Gasteiger partial charge in [-0.25, -0.2) is 0 Å². The highest BCUT2D eigenvalue weighted by molar-refractivity contribution is 6.04. The molecular formula is C18H16N2O2. The maximum absolute atomic E-state index is 12.5. The molecule has 0 atom stereocenters. The van der Waals surface area contributed by atoms with Gasteiger partial charge < -0.3 is 15.1 Å². The summed E-state index contributed by atoms with van der Waals surface area (Å²) in [5.41, 5.74) is 8.09. The Morgan fingerprint density at radius 2 is 1.77 bits per heavy atom. The molecule has 1 amide bonds. The molecule has 0 unspecified atom stereocenters. The minimum absolute atomic E-state index is 0.193. The SMILES string of the molecule is CN(C(=O)c1ccc(-c2cccc(N)c2)o1)c1ccccc1. The van der Waals surface area contributed by atoms with Crippen LogP contribution in [0, 0.1) is 0 Å². The highest BCUT2D eigenvalue weighted by Gasteiger charge is 2.17. The molecule has 4 heteroatoms. The molecule has 22 heavy (non-hydrogen) atoms. The zero-order chi connectivity index (χ0) is 15.5. The fourth-order valence-corrected chi connectivity index (χ4v) is 2.23.